The van der Waals surface area contributed by atoms with Crippen LogP contribution in [0.2, 0.25) is 0 Å². The van der Waals surface area contributed by atoms with Crippen LogP contribution in [0.4, 0.5) is 0 Å². The van der Waals surface area contributed by atoms with Gasteiger partial charge in [-0.25, -0.2) is 4.79 Å². The lowest BCUT2D eigenvalue weighted by molar-refractivity contribution is -0.887. The van der Waals surface area contributed by atoms with Crippen molar-refractivity contribution in [3.05, 3.63) is 36.5 Å². The monoisotopic (exact) mass is 805 g/mol. The molecule has 0 aromatic carbocycles. The summed E-state index contributed by atoms with van der Waals surface area (Å²) in [6, 6.07) is -0.616. The van der Waals surface area contributed by atoms with Gasteiger partial charge in [0.15, 0.2) is 12.1 Å². The zero-order valence-electron chi connectivity index (χ0n) is 37.8. The molecule has 1 N–H and O–H groups in total. The molecule has 0 aromatic rings. The fourth-order valence-corrected chi connectivity index (χ4v) is 6.84. The number of likely N-dealkylation sites (N-methyl/N-ethyl adjacent to an activating group) is 1. The van der Waals surface area contributed by atoms with E-state index < -0.39 is 18.1 Å². The van der Waals surface area contributed by atoms with Gasteiger partial charge in [-0.1, -0.05) is 159 Å². The third-order valence-corrected chi connectivity index (χ3v) is 10.5. The van der Waals surface area contributed by atoms with Crippen molar-refractivity contribution in [1.29, 1.82) is 0 Å². The van der Waals surface area contributed by atoms with Gasteiger partial charge in [0.05, 0.1) is 34.4 Å². The first-order chi connectivity index (χ1) is 27.6. The van der Waals surface area contributed by atoms with Crippen LogP contribution >= 0.6 is 0 Å². The van der Waals surface area contributed by atoms with E-state index in [2.05, 4.69) is 50.3 Å². The molecule has 332 valence electrons. The number of esters is 2. The maximum Gasteiger partial charge on any atom is 0.362 e. The summed E-state index contributed by atoms with van der Waals surface area (Å²) in [7, 11) is 5.53. The van der Waals surface area contributed by atoms with Crippen LogP contribution in [0.1, 0.15) is 206 Å². The predicted molar refractivity (Wildman–Crippen MR) is 238 cm³/mol. The smallest absolute Gasteiger partial charge is 0.362 e. The minimum absolute atomic E-state index is 0.0564. The number of quaternary nitrogens is 1. The van der Waals surface area contributed by atoms with E-state index in [-0.39, 0.29) is 36.2 Å². The molecule has 0 aliphatic rings. The molecule has 0 heterocycles. The molecule has 0 fully saturated rings. The SMILES string of the molecule is CCCCCC/C=C/C=C/CCCCCCCCCCCCC(=O)OC(COCCC(C(=O)O)[N+](C)(C)C)COC(=O)CCCCC/C=C/CCCCCCCC. The van der Waals surface area contributed by atoms with E-state index in [1.54, 1.807) is 0 Å². The van der Waals surface area contributed by atoms with Crippen LogP contribution in [-0.2, 0) is 28.6 Å². The molecular weight excluding hydrogens is 715 g/mol. The second-order valence-corrected chi connectivity index (χ2v) is 17.0. The molecule has 8 heteroatoms. The lowest BCUT2D eigenvalue weighted by Gasteiger charge is -2.31. The average molecular weight is 805 g/mol. The third-order valence-electron chi connectivity index (χ3n) is 10.5. The van der Waals surface area contributed by atoms with Gasteiger partial charge in [0, 0.05) is 19.3 Å². The van der Waals surface area contributed by atoms with Gasteiger partial charge in [0.1, 0.15) is 6.61 Å². The second-order valence-electron chi connectivity index (χ2n) is 17.0. The molecule has 0 aliphatic heterocycles. The number of carbonyl (C=O) groups is 3. The number of hydrogen-bond acceptors (Lipinski definition) is 6. The van der Waals surface area contributed by atoms with E-state index in [1.807, 2.05) is 21.1 Å². The minimum atomic E-state index is -0.877. The fourth-order valence-electron chi connectivity index (χ4n) is 6.84. The Hall–Kier alpha value is -2.45. The Labute approximate surface area is 351 Å². The van der Waals surface area contributed by atoms with Crippen molar-refractivity contribution < 1.29 is 38.2 Å². The van der Waals surface area contributed by atoms with Gasteiger partial charge in [-0.2, -0.15) is 0 Å². The number of unbranched alkanes of at least 4 members (excludes halogenated alkanes) is 23. The van der Waals surface area contributed by atoms with Crippen LogP contribution in [-0.4, -0.2) is 80.6 Å². The Morgan fingerprint density at radius 2 is 0.930 bits per heavy atom. The number of hydrogen-bond donors (Lipinski definition) is 1. The van der Waals surface area contributed by atoms with Crippen LogP contribution < -0.4 is 0 Å². The Balaban J connectivity index is 4.30. The quantitative estimate of drug-likeness (QED) is 0.0216. The topological polar surface area (TPSA) is 99.1 Å². The highest BCUT2D eigenvalue weighted by Crippen LogP contribution is 2.14. The van der Waals surface area contributed by atoms with Crippen molar-refractivity contribution in [3.63, 3.8) is 0 Å². The lowest BCUT2D eigenvalue weighted by atomic mass is 10.1. The lowest BCUT2D eigenvalue weighted by Crippen LogP contribution is -2.50. The second kappa shape index (κ2) is 40.3. The summed E-state index contributed by atoms with van der Waals surface area (Å²) in [5.74, 6) is -1.49. The van der Waals surface area contributed by atoms with E-state index in [1.165, 1.54) is 122 Å². The standard InChI is InChI=1S/C49H89NO7/c1-6-8-10-12-14-16-18-20-21-22-23-24-25-26-28-30-32-34-36-38-40-48(52)57-45(43-55-42-41-46(49(53)54)50(3,4)5)44-56-47(51)39-37-35-33-31-29-27-19-17-15-13-11-9-7-2/h16,18,20-21,27,29,45-46H,6-15,17,19,22-26,28,30-44H2,1-5H3/p+1/b18-16+,21-20+,29-27+. The first kappa shape index (κ1) is 54.6. The maximum absolute atomic E-state index is 12.7. The molecule has 2 atom stereocenters. The normalized spacial score (nSPS) is 13.2. The number of carboxylic acids is 1. The first-order valence-electron chi connectivity index (χ1n) is 23.5. The molecule has 0 saturated carbocycles. The number of rotatable bonds is 42. The molecule has 0 bridgehead atoms. The van der Waals surface area contributed by atoms with Gasteiger partial charge in [0.25, 0.3) is 0 Å². The molecular formula is C49H90NO7+. The Bertz CT molecular complexity index is 1030. The molecule has 0 spiro atoms. The zero-order chi connectivity index (χ0) is 42.1. The van der Waals surface area contributed by atoms with Crippen molar-refractivity contribution in [3.8, 4) is 0 Å². The summed E-state index contributed by atoms with van der Waals surface area (Å²) in [4.78, 5) is 37.0. The fraction of sp³-hybridized carbons (Fsp3) is 0.816. The molecule has 0 saturated heterocycles. The first-order valence-corrected chi connectivity index (χ1v) is 23.5. The van der Waals surface area contributed by atoms with E-state index in [4.69, 9.17) is 14.2 Å². The predicted octanol–water partition coefficient (Wildman–Crippen LogP) is 13.0. The Kier molecular flexibility index (Phi) is 38.6. The molecule has 0 aromatic heterocycles. The number of carbonyl (C=O) groups excluding carboxylic acids is 2. The summed E-state index contributed by atoms with van der Waals surface area (Å²) >= 11 is 0. The Morgan fingerprint density at radius 3 is 1.40 bits per heavy atom. The van der Waals surface area contributed by atoms with Crippen molar-refractivity contribution in [1.82, 2.24) is 0 Å². The maximum atomic E-state index is 12.7. The molecule has 0 amide bonds. The number of carboxylic acid groups (broad SMARTS) is 1. The molecule has 57 heavy (non-hydrogen) atoms. The molecule has 0 radical (unpaired) electrons. The van der Waals surface area contributed by atoms with Gasteiger partial charge in [-0.3, -0.25) is 9.59 Å². The number of nitrogens with zero attached hydrogens (tertiary/aromatic N) is 1. The third kappa shape index (κ3) is 38.8. The molecule has 2 unspecified atom stereocenters. The summed E-state index contributed by atoms with van der Waals surface area (Å²) < 4.78 is 17.3. The van der Waals surface area contributed by atoms with Crippen LogP contribution in [0.15, 0.2) is 36.5 Å². The summed E-state index contributed by atoms with van der Waals surface area (Å²) in [5, 5.41) is 9.63. The Morgan fingerprint density at radius 1 is 0.526 bits per heavy atom. The van der Waals surface area contributed by atoms with Gasteiger partial charge < -0.3 is 23.8 Å². The van der Waals surface area contributed by atoms with Crippen LogP contribution in [0.5, 0.6) is 0 Å². The highest BCUT2D eigenvalue weighted by Gasteiger charge is 2.31. The van der Waals surface area contributed by atoms with Crippen LogP contribution in [0.3, 0.4) is 0 Å². The number of allylic oxidation sites excluding steroid dienone is 6. The van der Waals surface area contributed by atoms with Crippen molar-refractivity contribution >= 4 is 17.9 Å². The summed E-state index contributed by atoms with van der Waals surface area (Å²) in [6.07, 6.45) is 46.1. The van der Waals surface area contributed by atoms with Crippen molar-refractivity contribution in [2.75, 3.05) is 41.0 Å². The zero-order valence-corrected chi connectivity index (χ0v) is 37.8. The summed E-state index contributed by atoms with van der Waals surface area (Å²) in [6.45, 7) is 4.70. The van der Waals surface area contributed by atoms with E-state index in [0.717, 1.165) is 51.4 Å². The van der Waals surface area contributed by atoms with Gasteiger partial charge in [-0.05, 0) is 64.2 Å². The van der Waals surface area contributed by atoms with E-state index in [0.29, 0.717) is 19.3 Å². The van der Waals surface area contributed by atoms with Crippen LogP contribution in [0, 0.1) is 0 Å². The summed E-state index contributed by atoms with van der Waals surface area (Å²) in [5.41, 5.74) is 0. The number of ether oxygens (including phenoxy) is 3. The van der Waals surface area contributed by atoms with E-state index >= 15 is 0 Å². The highest BCUT2D eigenvalue weighted by molar-refractivity contribution is 5.72. The van der Waals surface area contributed by atoms with Gasteiger partial charge in [-0.15, -0.1) is 0 Å². The van der Waals surface area contributed by atoms with Crippen LogP contribution in [0.25, 0.3) is 0 Å². The average Bonchev–Trinajstić information content (AvgIpc) is 3.17. The minimum Gasteiger partial charge on any atom is -0.477 e. The van der Waals surface area contributed by atoms with Crippen molar-refractivity contribution in [2.45, 2.75) is 219 Å². The molecule has 0 aliphatic carbocycles. The highest BCUT2D eigenvalue weighted by atomic mass is 16.6. The van der Waals surface area contributed by atoms with E-state index in [9.17, 15) is 19.5 Å². The largest absolute Gasteiger partial charge is 0.477 e. The van der Waals surface area contributed by atoms with Gasteiger partial charge >= 0.3 is 17.9 Å². The molecule has 0 rings (SSSR count). The molecule has 8 nitrogen and oxygen atoms in total. The number of aliphatic carboxylic acids is 1. The van der Waals surface area contributed by atoms with Crippen molar-refractivity contribution in [2.24, 2.45) is 0 Å². The van der Waals surface area contributed by atoms with Gasteiger partial charge in [0.2, 0.25) is 0 Å².